The number of carbonyl (C=O) groups is 3. The van der Waals surface area contributed by atoms with Crippen LogP contribution in [0.5, 0.6) is 0 Å². The Bertz CT molecular complexity index is 597. The zero-order chi connectivity index (χ0) is 16.0. The van der Waals surface area contributed by atoms with Crippen LogP contribution >= 0.6 is 11.6 Å². The second kappa shape index (κ2) is 7.44. The van der Waals surface area contributed by atoms with Crippen LogP contribution in [0.2, 0.25) is 5.02 Å². The number of nitrogens with zero attached hydrogens (tertiary/aromatic N) is 1. The molecule has 112 valence electrons. The van der Waals surface area contributed by atoms with Gasteiger partial charge in [0.1, 0.15) is 0 Å². The Morgan fingerprint density at radius 2 is 2.00 bits per heavy atom. The molecule has 0 aliphatic rings. The lowest BCUT2D eigenvalue weighted by atomic mass is 10.1. The standard InChI is InChI=1S/C14H15ClN2O4/c1-17(2)12(18)8-16-14(21)10-4-3-9(11(15)7-10)5-6-13(19)20/h3-7H,8H2,1-2H3,(H,16,21)(H,19,20)/b6-5+. The zero-order valence-electron chi connectivity index (χ0n) is 11.6. The summed E-state index contributed by atoms with van der Waals surface area (Å²) in [6.07, 6.45) is 2.29. The molecule has 0 bridgehead atoms. The second-order valence-electron chi connectivity index (χ2n) is 4.38. The van der Waals surface area contributed by atoms with Gasteiger partial charge in [-0.1, -0.05) is 17.7 Å². The van der Waals surface area contributed by atoms with Crippen molar-refractivity contribution in [1.82, 2.24) is 10.2 Å². The number of hydrogen-bond donors (Lipinski definition) is 2. The number of halogens is 1. The van der Waals surface area contributed by atoms with Gasteiger partial charge in [0.15, 0.2) is 0 Å². The number of nitrogens with one attached hydrogen (secondary N) is 1. The molecule has 1 rings (SSSR count). The van der Waals surface area contributed by atoms with Gasteiger partial charge in [-0.15, -0.1) is 0 Å². The molecule has 6 nitrogen and oxygen atoms in total. The van der Waals surface area contributed by atoms with Crippen LogP contribution in [0.1, 0.15) is 15.9 Å². The van der Waals surface area contributed by atoms with E-state index in [4.69, 9.17) is 16.7 Å². The summed E-state index contributed by atoms with van der Waals surface area (Å²) in [5, 5.41) is 11.3. The van der Waals surface area contributed by atoms with Crippen molar-refractivity contribution in [2.45, 2.75) is 0 Å². The Kier molecular flexibility index (Phi) is 5.92. The summed E-state index contributed by atoms with van der Waals surface area (Å²) in [7, 11) is 3.18. The molecule has 0 radical (unpaired) electrons. The van der Waals surface area contributed by atoms with Crippen LogP contribution in [0.4, 0.5) is 0 Å². The van der Waals surface area contributed by atoms with Gasteiger partial charge in [-0.3, -0.25) is 9.59 Å². The minimum Gasteiger partial charge on any atom is -0.478 e. The van der Waals surface area contributed by atoms with Crippen molar-refractivity contribution in [3.63, 3.8) is 0 Å². The Balaban J connectivity index is 2.77. The van der Waals surface area contributed by atoms with Crippen LogP contribution < -0.4 is 5.32 Å². The van der Waals surface area contributed by atoms with E-state index < -0.39 is 11.9 Å². The van der Waals surface area contributed by atoms with Crippen LogP contribution in [-0.4, -0.2) is 48.4 Å². The summed E-state index contributed by atoms with van der Waals surface area (Å²) in [5.74, 6) is -1.74. The smallest absolute Gasteiger partial charge is 0.328 e. The number of carbonyl (C=O) groups excluding carboxylic acids is 2. The van der Waals surface area contributed by atoms with E-state index in [9.17, 15) is 14.4 Å². The molecule has 0 aliphatic heterocycles. The first kappa shape index (κ1) is 16.7. The molecule has 21 heavy (non-hydrogen) atoms. The van der Waals surface area contributed by atoms with Gasteiger partial charge < -0.3 is 15.3 Å². The van der Waals surface area contributed by atoms with Gasteiger partial charge in [0.25, 0.3) is 5.91 Å². The molecule has 1 aromatic carbocycles. The van der Waals surface area contributed by atoms with E-state index in [1.54, 1.807) is 14.1 Å². The molecular weight excluding hydrogens is 296 g/mol. The molecule has 1 aromatic rings. The number of benzene rings is 1. The molecule has 0 atom stereocenters. The maximum atomic E-state index is 11.8. The maximum Gasteiger partial charge on any atom is 0.328 e. The van der Waals surface area contributed by atoms with Crippen LogP contribution in [-0.2, 0) is 9.59 Å². The highest BCUT2D eigenvalue weighted by Crippen LogP contribution is 2.19. The molecule has 0 spiro atoms. The van der Waals surface area contributed by atoms with Crippen molar-refractivity contribution in [1.29, 1.82) is 0 Å². The Hall–Kier alpha value is -2.34. The number of carboxylic acid groups (broad SMARTS) is 1. The highest BCUT2D eigenvalue weighted by molar-refractivity contribution is 6.32. The topological polar surface area (TPSA) is 86.7 Å². The highest BCUT2D eigenvalue weighted by atomic mass is 35.5. The average molecular weight is 311 g/mol. The first-order chi connectivity index (χ1) is 9.81. The van der Waals surface area contributed by atoms with Crippen molar-refractivity contribution in [3.05, 3.63) is 40.4 Å². The normalized spacial score (nSPS) is 10.4. The van der Waals surface area contributed by atoms with Crippen molar-refractivity contribution in [2.75, 3.05) is 20.6 Å². The SMILES string of the molecule is CN(C)C(=O)CNC(=O)c1ccc(/C=C/C(=O)O)c(Cl)c1. The van der Waals surface area contributed by atoms with E-state index in [2.05, 4.69) is 5.32 Å². The lowest BCUT2D eigenvalue weighted by Gasteiger charge is -2.11. The van der Waals surface area contributed by atoms with Gasteiger partial charge in [-0.05, 0) is 23.8 Å². The Morgan fingerprint density at radius 3 is 2.52 bits per heavy atom. The molecule has 2 N–H and O–H groups in total. The van der Waals surface area contributed by atoms with Gasteiger partial charge >= 0.3 is 5.97 Å². The van der Waals surface area contributed by atoms with Crippen LogP contribution in [0.25, 0.3) is 6.08 Å². The third-order valence-corrected chi connectivity index (χ3v) is 2.89. The molecule has 0 aliphatic carbocycles. The third kappa shape index (κ3) is 5.27. The minimum atomic E-state index is -1.09. The molecule has 0 unspecified atom stereocenters. The van der Waals surface area contributed by atoms with Gasteiger partial charge in [-0.25, -0.2) is 4.79 Å². The molecule has 0 saturated heterocycles. The zero-order valence-corrected chi connectivity index (χ0v) is 12.3. The van der Waals surface area contributed by atoms with Crippen molar-refractivity contribution < 1.29 is 19.5 Å². The first-order valence-electron chi connectivity index (χ1n) is 6.00. The molecule has 2 amide bonds. The number of amides is 2. The van der Waals surface area contributed by atoms with Gasteiger partial charge in [-0.2, -0.15) is 0 Å². The van der Waals surface area contributed by atoms with Crippen molar-refractivity contribution in [3.8, 4) is 0 Å². The highest BCUT2D eigenvalue weighted by Gasteiger charge is 2.10. The summed E-state index contributed by atoms with van der Waals surface area (Å²) in [4.78, 5) is 35.0. The van der Waals surface area contributed by atoms with Crippen molar-refractivity contribution in [2.24, 2.45) is 0 Å². The molecule has 0 fully saturated rings. The summed E-state index contributed by atoms with van der Waals surface area (Å²) in [6, 6.07) is 4.45. The van der Waals surface area contributed by atoms with E-state index in [-0.39, 0.29) is 17.5 Å². The summed E-state index contributed by atoms with van der Waals surface area (Å²) in [6.45, 7) is -0.107. The maximum absolute atomic E-state index is 11.8. The number of aliphatic carboxylic acids is 1. The van der Waals surface area contributed by atoms with Crippen molar-refractivity contribution >= 4 is 35.5 Å². The summed E-state index contributed by atoms with van der Waals surface area (Å²) >= 11 is 5.97. The predicted molar refractivity (Wildman–Crippen MR) is 79.1 cm³/mol. The lowest BCUT2D eigenvalue weighted by molar-refractivity contribution is -0.131. The van der Waals surface area contributed by atoms with E-state index in [0.29, 0.717) is 11.1 Å². The second-order valence-corrected chi connectivity index (χ2v) is 4.79. The fourth-order valence-corrected chi connectivity index (χ4v) is 1.62. The quantitative estimate of drug-likeness (QED) is 0.802. The number of likely N-dealkylation sites (N-methyl/N-ethyl adjacent to an activating group) is 1. The van der Waals surface area contributed by atoms with Gasteiger partial charge in [0.2, 0.25) is 5.91 Å². The van der Waals surface area contributed by atoms with Crippen LogP contribution in [0, 0.1) is 0 Å². The molecule has 0 saturated carbocycles. The van der Waals surface area contributed by atoms with Gasteiger partial charge in [0.05, 0.1) is 6.54 Å². The molecule has 0 heterocycles. The van der Waals surface area contributed by atoms with E-state index in [1.165, 1.54) is 29.2 Å². The fourth-order valence-electron chi connectivity index (χ4n) is 1.38. The minimum absolute atomic E-state index is 0.107. The summed E-state index contributed by atoms with van der Waals surface area (Å²) in [5.41, 5.74) is 0.777. The van der Waals surface area contributed by atoms with E-state index in [1.807, 2.05) is 0 Å². The lowest BCUT2D eigenvalue weighted by Crippen LogP contribution is -2.36. The summed E-state index contributed by atoms with van der Waals surface area (Å²) < 4.78 is 0. The van der Waals surface area contributed by atoms with Crippen LogP contribution in [0.15, 0.2) is 24.3 Å². The van der Waals surface area contributed by atoms with E-state index in [0.717, 1.165) is 6.08 Å². The van der Waals surface area contributed by atoms with Gasteiger partial charge in [0, 0.05) is 30.8 Å². The number of carboxylic acids is 1. The Labute approximate surface area is 127 Å². The Morgan fingerprint density at radius 1 is 1.33 bits per heavy atom. The largest absolute Gasteiger partial charge is 0.478 e. The monoisotopic (exact) mass is 310 g/mol. The third-order valence-electron chi connectivity index (χ3n) is 2.57. The molecular formula is C14H15ClN2O4. The average Bonchev–Trinajstić information content (AvgIpc) is 2.42. The number of rotatable bonds is 5. The van der Waals surface area contributed by atoms with E-state index >= 15 is 0 Å². The number of hydrogen-bond acceptors (Lipinski definition) is 3. The predicted octanol–water partition coefficient (Wildman–Crippen LogP) is 1.26. The van der Waals surface area contributed by atoms with Crippen LogP contribution in [0.3, 0.4) is 0 Å². The fraction of sp³-hybridized carbons (Fsp3) is 0.214. The first-order valence-corrected chi connectivity index (χ1v) is 6.38. The molecule has 7 heteroatoms. The molecule has 0 aromatic heterocycles.